The van der Waals surface area contributed by atoms with Crippen LogP contribution in [0.1, 0.15) is 31.1 Å². The Hall–Kier alpha value is -2.53. The Labute approximate surface area is 152 Å². The molecule has 25 heavy (non-hydrogen) atoms. The van der Waals surface area contributed by atoms with Crippen LogP contribution in [0, 0.1) is 0 Å². The molecule has 0 aliphatic heterocycles. The van der Waals surface area contributed by atoms with Gasteiger partial charge in [0.25, 0.3) is 11.8 Å². The van der Waals surface area contributed by atoms with Gasteiger partial charge in [0.15, 0.2) is 6.61 Å². The maximum Gasteiger partial charge on any atom is 0.262 e. The third kappa shape index (κ3) is 6.12. The molecule has 2 aromatic rings. The molecule has 0 saturated heterocycles. The van der Waals surface area contributed by atoms with Crippen molar-refractivity contribution in [3.63, 3.8) is 0 Å². The minimum atomic E-state index is -0.371. The van der Waals surface area contributed by atoms with E-state index >= 15 is 0 Å². The standard InChI is InChI=1S/C19H21ClN2O3/c1-19(2,3)22-18(24)15-9-4-5-10-16(15)21-17(23)12-25-14-8-6-7-13(20)11-14/h4-11H,12H2,1-3H3,(H,21,23)(H,22,24). The number of carbonyl (C=O) groups excluding carboxylic acids is 2. The summed E-state index contributed by atoms with van der Waals surface area (Å²) in [6, 6.07) is 13.6. The number of nitrogens with one attached hydrogen (secondary N) is 2. The van der Waals surface area contributed by atoms with Crippen molar-refractivity contribution in [3.8, 4) is 5.75 Å². The maximum absolute atomic E-state index is 12.4. The van der Waals surface area contributed by atoms with Crippen molar-refractivity contribution in [1.82, 2.24) is 5.32 Å². The summed E-state index contributed by atoms with van der Waals surface area (Å²) in [5.74, 6) is -0.114. The molecule has 0 fully saturated rings. The number of halogens is 1. The highest BCUT2D eigenvalue weighted by Gasteiger charge is 2.18. The highest BCUT2D eigenvalue weighted by molar-refractivity contribution is 6.30. The zero-order valence-electron chi connectivity index (χ0n) is 14.4. The Bertz CT molecular complexity index is 769. The summed E-state index contributed by atoms with van der Waals surface area (Å²) in [5.41, 5.74) is 0.460. The molecule has 0 bridgehead atoms. The summed E-state index contributed by atoms with van der Waals surface area (Å²) in [6.45, 7) is 5.50. The van der Waals surface area contributed by atoms with Crippen LogP contribution >= 0.6 is 11.6 Å². The summed E-state index contributed by atoms with van der Waals surface area (Å²) >= 11 is 5.87. The largest absolute Gasteiger partial charge is 0.484 e. The minimum Gasteiger partial charge on any atom is -0.484 e. The average molecular weight is 361 g/mol. The molecule has 2 aromatic carbocycles. The van der Waals surface area contributed by atoms with E-state index in [-0.39, 0.29) is 24.0 Å². The highest BCUT2D eigenvalue weighted by Crippen LogP contribution is 2.18. The van der Waals surface area contributed by atoms with Gasteiger partial charge in [0.2, 0.25) is 0 Å². The van der Waals surface area contributed by atoms with Crippen LogP contribution in [-0.2, 0) is 4.79 Å². The van der Waals surface area contributed by atoms with Crippen LogP contribution in [-0.4, -0.2) is 24.0 Å². The lowest BCUT2D eigenvalue weighted by atomic mass is 10.1. The molecule has 0 radical (unpaired) electrons. The number of hydrogen-bond donors (Lipinski definition) is 2. The first-order chi connectivity index (χ1) is 11.7. The van der Waals surface area contributed by atoms with Gasteiger partial charge in [-0.3, -0.25) is 9.59 Å². The van der Waals surface area contributed by atoms with Crippen molar-refractivity contribution >= 4 is 29.1 Å². The van der Waals surface area contributed by atoms with Gasteiger partial charge in [0, 0.05) is 10.6 Å². The topological polar surface area (TPSA) is 67.4 Å². The number of benzene rings is 2. The second kappa shape index (κ2) is 8.03. The van der Waals surface area contributed by atoms with Crippen molar-refractivity contribution in [1.29, 1.82) is 0 Å². The van der Waals surface area contributed by atoms with Gasteiger partial charge >= 0.3 is 0 Å². The Kier molecular flexibility index (Phi) is 6.04. The molecule has 0 aromatic heterocycles. The van der Waals surface area contributed by atoms with Gasteiger partial charge in [-0.15, -0.1) is 0 Å². The fraction of sp³-hybridized carbons (Fsp3) is 0.263. The summed E-state index contributed by atoms with van der Waals surface area (Å²) in [6.07, 6.45) is 0. The number of amides is 2. The number of ether oxygens (including phenoxy) is 1. The van der Waals surface area contributed by atoms with E-state index < -0.39 is 0 Å². The molecular weight excluding hydrogens is 340 g/mol. The highest BCUT2D eigenvalue weighted by atomic mass is 35.5. The maximum atomic E-state index is 12.4. The van der Waals surface area contributed by atoms with Crippen LogP contribution in [0.5, 0.6) is 5.75 Å². The van der Waals surface area contributed by atoms with Crippen LogP contribution in [0.25, 0.3) is 0 Å². The zero-order valence-corrected chi connectivity index (χ0v) is 15.2. The molecule has 6 heteroatoms. The third-order valence-electron chi connectivity index (χ3n) is 3.10. The number of anilines is 1. The molecule has 0 heterocycles. The quantitative estimate of drug-likeness (QED) is 0.850. The summed E-state index contributed by atoms with van der Waals surface area (Å²) < 4.78 is 5.40. The van der Waals surface area contributed by atoms with Gasteiger partial charge < -0.3 is 15.4 Å². The fourth-order valence-electron chi connectivity index (χ4n) is 2.09. The van der Waals surface area contributed by atoms with Crippen LogP contribution in [0.3, 0.4) is 0 Å². The molecule has 2 rings (SSSR count). The lowest BCUT2D eigenvalue weighted by Crippen LogP contribution is -2.41. The van der Waals surface area contributed by atoms with Gasteiger partial charge in [0.05, 0.1) is 11.3 Å². The van der Waals surface area contributed by atoms with Gasteiger partial charge in [-0.25, -0.2) is 0 Å². The van der Waals surface area contributed by atoms with Gasteiger partial charge in [-0.2, -0.15) is 0 Å². The van der Waals surface area contributed by atoms with Crippen molar-refractivity contribution in [2.75, 3.05) is 11.9 Å². The third-order valence-corrected chi connectivity index (χ3v) is 3.34. The van der Waals surface area contributed by atoms with E-state index in [4.69, 9.17) is 16.3 Å². The number of carbonyl (C=O) groups is 2. The van der Waals surface area contributed by atoms with E-state index in [2.05, 4.69) is 10.6 Å². The fourth-order valence-corrected chi connectivity index (χ4v) is 2.27. The second-order valence-electron chi connectivity index (χ2n) is 6.54. The number of hydrogen-bond acceptors (Lipinski definition) is 3. The van der Waals surface area contributed by atoms with Gasteiger partial charge in [0.1, 0.15) is 5.75 Å². The lowest BCUT2D eigenvalue weighted by Gasteiger charge is -2.21. The molecule has 0 aliphatic rings. The normalized spacial score (nSPS) is 10.9. The van der Waals surface area contributed by atoms with Crippen LogP contribution in [0.15, 0.2) is 48.5 Å². The first kappa shape index (κ1) is 18.8. The molecule has 2 N–H and O–H groups in total. The molecular formula is C19H21ClN2O3. The van der Waals surface area contributed by atoms with E-state index in [1.54, 1.807) is 48.5 Å². The number of para-hydroxylation sites is 1. The Morgan fingerprint density at radius 1 is 1.08 bits per heavy atom. The molecule has 0 unspecified atom stereocenters. The molecule has 0 aliphatic carbocycles. The van der Waals surface area contributed by atoms with E-state index in [1.807, 2.05) is 20.8 Å². The average Bonchev–Trinajstić information content (AvgIpc) is 2.52. The van der Waals surface area contributed by atoms with Crippen LogP contribution < -0.4 is 15.4 Å². The second-order valence-corrected chi connectivity index (χ2v) is 6.98. The van der Waals surface area contributed by atoms with Crippen molar-refractivity contribution in [2.24, 2.45) is 0 Å². The SMILES string of the molecule is CC(C)(C)NC(=O)c1ccccc1NC(=O)COc1cccc(Cl)c1. The smallest absolute Gasteiger partial charge is 0.262 e. The van der Waals surface area contributed by atoms with Crippen molar-refractivity contribution in [2.45, 2.75) is 26.3 Å². The Morgan fingerprint density at radius 2 is 1.80 bits per heavy atom. The van der Waals surface area contributed by atoms with Gasteiger partial charge in [-0.1, -0.05) is 29.8 Å². The summed E-state index contributed by atoms with van der Waals surface area (Å²) in [5, 5.41) is 6.11. The van der Waals surface area contributed by atoms with Crippen molar-refractivity contribution in [3.05, 3.63) is 59.1 Å². The summed E-state index contributed by atoms with van der Waals surface area (Å²) in [7, 11) is 0. The first-order valence-electron chi connectivity index (χ1n) is 7.84. The zero-order chi connectivity index (χ0) is 18.4. The Balaban J connectivity index is 2.02. The van der Waals surface area contributed by atoms with E-state index in [9.17, 15) is 9.59 Å². The van der Waals surface area contributed by atoms with E-state index in [1.165, 1.54) is 0 Å². The lowest BCUT2D eigenvalue weighted by molar-refractivity contribution is -0.118. The predicted molar refractivity (Wildman–Crippen MR) is 99.2 cm³/mol. The monoisotopic (exact) mass is 360 g/mol. The Morgan fingerprint density at radius 3 is 2.48 bits per heavy atom. The van der Waals surface area contributed by atoms with Gasteiger partial charge in [-0.05, 0) is 51.1 Å². The van der Waals surface area contributed by atoms with Crippen molar-refractivity contribution < 1.29 is 14.3 Å². The van der Waals surface area contributed by atoms with Crippen LogP contribution in [0.4, 0.5) is 5.69 Å². The van der Waals surface area contributed by atoms with Crippen LogP contribution in [0.2, 0.25) is 5.02 Å². The number of rotatable bonds is 5. The first-order valence-corrected chi connectivity index (χ1v) is 8.22. The molecule has 0 spiro atoms. The molecule has 5 nitrogen and oxygen atoms in total. The molecule has 0 atom stereocenters. The predicted octanol–water partition coefficient (Wildman–Crippen LogP) is 3.89. The summed E-state index contributed by atoms with van der Waals surface area (Å²) in [4.78, 5) is 24.5. The molecule has 0 saturated carbocycles. The molecule has 132 valence electrons. The van der Waals surface area contributed by atoms with E-state index in [0.717, 1.165) is 0 Å². The minimum absolute atomic E-state index is 0.185. The van der Waals surface area contributed by atoms with E-state index in [0.29, 0.717) is 22.0 Å². The molecule has 2 amide bonds.